The summed E-state index contributed by atoms with van der Waals surface area (Å²) in [5, 5.41) is 3.80. The Balaban J connectivity index is 1.72. The summed E-state index contributed by atoms with van der Waals surface area (Å²) < 4.78 is 2.15. The maximum absolute atomic E-state index is 13.3. The largest absolute Gasteiger partial charge is 0.348 e. The van der Waals surface area contributed by atoms with Crippen LogP contribution in [0.3, 0.4) is 0 Å². The zero-order valence-corrected chi connectivity index (χ0v) is 18.2. The van der Waals surface area contributed by atoms with Crippen LogP contribution in [0, 0.1) is 20.8 Å². The Kier molecular flexibility index (Phi) is 5.46. The Morgan fingerprint density at radius 2 is 1.90 bits per heavy atom. The lowest BCUT2D eigenvalue weighted by Gasteiger charge is -2.18. The van der Waals surface area contributed by atoms with Crippen LogP contribution in [0.2, 0.25) is 0 Å². The maximum Gasteiger partial charge on any atom is 0.254 e. The van der Waals surface area contributed by atoms with E-state index in [-0.39, 0.29) is 24.1 Å². The van der Waals surface area contributed by atoms with Crippen molar-refractivity contribution >= 4 is 16.8 Å². The summed E-state index contributed by atoms with van der Waals surface area (Å²) in [6.45, 7) is 7.97. The fourth-order valence-electron chi connectivity index (χ4n) is 4.31. The number of rotatable bonds is 5. The third-order valence-corrected chi connectivity index (χ3v) is 5.87. The smallest absolute Gasteiger partial charge is 0.254 e. The molecule has 4 rings (SSSR count). The van der Waals surface area contributed by atoms with E-state index in [9.17, 15) is 9.59 Å². The van der Waals surface area contributed by atoms with Gasteiger partial charge in [0.05, 0.1) is 23.3 Å². The van der Waals surface area contributed by atoms with Gasteiger partial charge in [-0.1, -0.05) is 30.3 Å². The molecule has 1 atom stereocenters. The topological polar surface area (TPSA) is 79.8 Å². The van der Waals surface area contributed by atoms with Gasteiger partial charge in [0.1, 0.15) is 0 Å². The van der Waals surface area contributed by atoms with Gasteiger partial charge in [0.15, 0.2) is 0 Å². The monoisotopic (exact) mass is 414 g/mol. The van der Waals surface area contributed by atoms with E-state index < -0.39 is 0 Å². The number of aromatic amines is 1. The van der Waals surface area contributed by atoms with Crippen molar-refractivity contribution in [2.24, 2.45) is 0 Å². The first-order valence-corrected chi connectivity index (χ1v) is 10.4. The number of hydrogen-bond acceptors (Lipinski definition) is 3. The third kappa shape index (κ3) is 3.77. The summed E-state index contributed by atoms with van der Waals surface area (Å²) in [6.07, 6.45) is 3.50. The van der Waals surface area contributed by atoms with Gasteiger partial charge >= 0.3 is 0 Å². The van der Waals surface area contributed by atoms with E-state index in [2.05, 4.69) is 38.9 Å². The van der Waals surface area contributed by atoms with Crippen molar-refractivity contribution in [3.63, 3.8) is 0 Å². The normalized spacial score (nSPS) is 12.1. The average molecular weight is 415 g/mol. The van der Waals surface area contributed by atoms with Gasteiger partial charge in [0, 0.05) is 35.1 Å². The first-order chi connectivity index (χ1) is 14.9. The van der Waals surface area contributed by atoms with Crippen molar-refractivity contribution in [3.8, 4) is 0 Å². The molecule has 0 aliphatic heterocycles. The predicted molar refractivity (Wildman–Crippen MR) is 122 cm³/mol. The highest BCUT2D eigenvalue weighted by atomic mass is 16.2. The molecule has 0 aliphatic carbocycles. The molecule has 3 heterocycles. The molecule has 0 aliphatic rings. The molecular weight excluding hydrogens is 388 g/mol. The summed E-state index contributed by atoms with van der Waals surface area (Å²) in [4.78, 5) is 32.7. The van der Waals surface area contributed by atoms with Gasteiger partial charge in [-0.2, -0.15) is 0 Å². The highest BCUT2D eigenvalue weighted by Gasteiger charge is 2.23. The number of H-pyrrole nitrogens is 1. The summed E-state index contributed by atoms with van der Waals surface area (Å²) >= 11 is 0. The number of pyridine rings is 2. The number of benzene rings is 1. The fraction of sp³-hybridized carbons (Fsp3) is 0.240. The molecule has 6 heteroatoms. The zero-order valence-electron chi connectivity index (χ0n) is 18.2. The molecule has 6 nitrogen and oxygen atoms in total. The summed E-state index contributed by atoms with van der Waals surface area (Å²) in [5.74, 6) is -0.202. The lowest BCUT2D eigenvalue weighted by Crippen LogP contribution is -2.28. The van der Waals surface area contributed by atoms with Gasteiger partial charge in [-0.25, -0.2) is 0 Å². The van der Waals surface area contributed by atoms with Crippen LogP contribution in [0.1, 0.15) is 51.4 Å². The summed E-state index contributed by atoms with van der Waals surface area (Å²) in [7, 11) is 0. The predicted octanol–water partition coefficient (Wildman–Crippen LogP) is 4.19. The third-order valence-electron chi connectivity index (χ3n) is 5.87. The van der Waals surface area contributed by atoms with E-state index in [4.69, 9.17) is 0 Å². The standard InChI is InChI=1S/C25H26N4O2/c1-15-12-16(2)28-24(30)21(15)13-27-25(31)23-18(4)29(22-14-26-11-10-20(22)23)17(3)19-8-6-5-7-9-19/h5-12,14,17H,13H2,1-4H3,(H,27,31)(H,28,30)/t17-/m0/s1. The fourth-order valence-corrected chi connectivity index (χ4v) is 4.31. The van der Waals surface area contributed by atoms with Gasteiger partial charge in [0.2, 0.25) is 0 Å². The zero-order chi connectivity index (χ0) is 22.1. The molecule has 1 aromatic carbocycles. The van der Waals surface area contributed by atoms with Crippen LogP contribution in [0.15, 0.2) is 59.7 Å². The average Bonchev–Trinajstić information content (AvgIpc) is 3.04. The molecule has 0 saturated carbocycles. The second kappa shape index (κ2) is 8.22. The number of carbonyl (C=O) groups excluding carboxylic acids is 1. The molecule has 0 spiro atoms. The number of nitrogens with one attached hydrogen (secondary N) is 2. The number of amides is 1. The summed E-state index contributed by atoms with van der Waals surface area (Å²) in [6, 6.07) is 14.0. The lowest BCUT2D eigenvalue weighted by molar-refractivity contribution is 0.0951. The van der Waals surface area contributed by atoms with Crippen molar-refractivity contribution in [1.29, 1.82) is 0 Å². The highest BCUT2D eigenvalue weighted by Crippen LogP contribution is 2.31. The van der Waals surface area contributed by atoms with Crippen LogP contribution in [0.25, 0.3) is 10.9 Å². The van der Waals surface area contributed by atoms with E-state index in [0.29, 0.717) is 11.1 Å². The number of hydrogen-bond donors (Lipinski definition) is 2. The molecule has 0 unspecified atom stereocenters. The molecule has 31 heavy (non-hydrogen) atoms. The van der Waals surface area contributed by atoms with Gasteiger partial charge in [-0.15, -0.1) is 0 Å². The van der Waals surface area contributed by atoms with Crippen LogP contribution >= 0.6 is 0 Å². The van der Waals surface area contributed by atoms with Crippen LogP contribution < -0.4 is 10.9 Å². The maximum atomic E-state index is 13.3. The summed E-state index contributed by atoms with van der Waals surface area (Å²) in [5.41, 5.74) is 5.61. The van der Waals surface area contributed by atoms with Crippen LogP contribution in [-0.2, 0) is 6.54 Å². The Labute approximate surface area is 181 Å². The Morgan fingerprint density at radius 1 is 1.16 bits per heavy atom. The lowest BCUT2D eigenvalue weighted by atomic mass is 10.1. The SMILES string of the molecule is Cc1cc(C)c(CNC(=O)c2c(C)n([C@@H](C)c3ccccc3)c3cnccc23)c(=O)[nH]1. The Bertz CT molecular complexity index is 1320. The highest BCUT2D eigenvalue weighted by molar-refractivity contribution is 6.08. The number of fused-ring (bicyclic) bond motifs is 1. The van der Waals surface area contributed by atoms with E-state index in [1.807, 2.05) is 51.1 Å². The number of aryl methyl sites for hydroxylation is 2. The second-order valence-electron chi connectivity index (χ2n) is 7.94. The first-order valence-electron chi connectivity index (χ1n) is 10.4. The van der Waals surface area contributed by atoms with Crippen LogP contribution in [0.5, 0.6) is 0 Å². The van der Waals surface area contributed by atoms with Crippen molar-refractivity contribution in [1.82, 2.24) is 19.9 Å². The van der Waals surface area contributed by atoms with Gasteiger partial charge < -0.3 is 14.9 Å². The second-order valence-corrected chi connectivity index (χ2v) is 7.94. The van der Waals surface area contributed by atoms with E-state index in [1.54, 1.807) is 12.4 Å². The van der Waals surface area contributed by atoms with Crippen molar-refractivity contribution in [3.05, 3.63) is 98.9 Å². The molecule has 1 amide bonds. The molecule has 2 N–H and O–H groups in total. The van der Waals surface area contributed by atoms with E-state index >= 15 is 0 Å². The van der Waals surface area contributed by atoms with E-state index in [1.165, 1.54) is 0 Å². The molecule has 158 valence electrons. The number of aromatic nitrogens is 3. The molecule has 0 radical (unpaired) electrons. The van der Waals surface area contributed by atoms with Gasteiger partial charge in [0.25, 0.3) is 11.5 Å². The number of nitrogens with zero attached hydrogens (tertiary/aromatic N) is 2. The van der Waals surface area contributed by atoms with Gasteiger partial charge in [-0.05, 0) is 51.0 Å². The molecular formula is C25H26N4O2. The number of carbonyl (C=O) groups is 1. The molecule has 0 bridgehead atoms. The Hall–Kier alpha value is -3.67. The van der Waals surface area contributed by atoms with Gasteiger partial charge in [-0.3, -0.25) is 14.6 Å². The van der Waals surface area contributed by atoms with Crippen molar-refractivity contribution in [2.75, 3.05) is 0 Å². The van der Waals surface area contributed by atoms with Crippen molar-refractivity contribution in [2.45, 2.75) is 40.3 Å². The molecule has 3 aromatic heterocycles. The minimum absolute atomic E-state index is 0.0386. The molecule has 0 fully saturated rings. The quantitative estimate of drug-likeness (QED) is 0.514. The minimum atomic E-state index is -0.202. The van der Waals surface area contributed by atoms with E-state index in [0.717, 1.165) is 33.4 Å². The Morgan fingerprint density at radius 3 is 2.61 bits per heavy atom. The van der Waals surface area contributed by atoms with Crippen molar-refractivity contribution < 1.29 is 4.79 Å². The molecule has 4 aromatic rings. The molecule has 0 saturated heterocycles. The van der Waals surface area contributed by atoms with Crippen LogP contribution in [0.4, 0.5) is 0 Å². The minimum Gasteiger partial charge on any atom is -0.348 e. The van der Waals surface area contributed by atoms with Crippen LogP contribution in [-0.4, -0.2) is 20.4 Å². The first kappa shape index (κ1) is 20.6.